The largest absolute Gasteiger partial charge is 0.496 e. The fraction of sp³-hybridized carbons (Fsp3) is 0.375. The lowest BCUT2D eigenvalue weighted by atomic mass is 10.1. The summed E-state index contributed by atoms with van der Waals surface area (Å²) < 4.78 is 7.01. The van der Waals surface area contributed by atoms with Gasteiger partial charge in [0.15, 0.2) is 5.82 Å². The molecule has 0 bridgehead atoms. The Kier molecular flexibility index (Phi) is 5.05. The molecule has 0 aliphatic rings. The van der Waals surface area contributed by atoms with Crippen molar-refractivity contribution in [3.05, 3.63) is 40.7 Å². The van der Waals surface area contributed by atoms with E-state index in [1.807, 2.05) is 31.2 Å². The average Bonchev–Trinajstić information content (AvgIpc) is 3.15. The van der Waals surface area contributed by atoms with Crippen molar-refractivity contribution in [3.63, 3.8) is 0 Å². The van der Waals surface area contributed by atoms with E-state index in [1.165, 1.54) is 11.3 Å². The highest BCUT2D eigenvalue weighted by Crippen LogP contribution is 2.17. The van der Waals surface area contributed by atoms with Gasteiger partial charge in [0, 0.05) is 19.4 Å². The van der Waals surface area contributed by atoms with Crippen molar-refractivity contribution in [2.45, 2.75) is 26.2 Å². The van der Waals surface area contributed by atoms with E-state index < -0.39 is 0 Å². The molecule has 8 heteroatoms. The number of aryl methyl sites for hydroxylation is 2. The quantitative estimate of drug-likeness (QED) is 0.706. The van der Waals surface area contributed by atoms with Crippen LogP contribution in [0.2, 0.25) is 0 Å². The molecule has 0 fully saturated rings. The van der Waals surface area contributed by atoms with Crippen LogP contribution < -0.4 is 10.1 Å². The molecule has 0 saturated carbocycles. The van der Waals surface area contributed by atoms with E-state index in [4.69, 9.17) is 4.74 Å². The molecule has 0 unspecified atom stereocenters. The number of carbonyl (C=O) groups excluding carboxylic acids is 1. The van der Waals surface area contributed by atoms with Crippen LogP contribution >= 0.6 is 11.3 Å². The van der Waals surface area contributed by atoms with Crippen LogP contribution in [0.5, 0.6) is 5.75 Å². The zero-order chi connectivity index (χ0) is 16.9. The SMILES string of the molecule is COc1ccccc1CCNC(=O)CCc1nn2c(C)nnc2s1. The van der Waals surface area contributed by atoms with Crippen LogP contribution in [0.1, 0.15) is 22.8 Å². The first-order valence-corrected chi connectivity index (χ1v) is 8.55. The molecule has 0 saturated heterocycles. The van der Waals surface area contributed by atoms with Gasteiger partial charge in [-0.2, -0.15) is 9.61 Å². The lowest BCUT2D eigenvalue weighted by Crippen LogP contribution is -2.26. The summed E-state index contributed by atoms with van der Waals surface area (Å²) in [7, 11) is 1.65. The van der Waals surface area contributed by atoms with Crippen LogP contribution in [0.3, 0.4) is 0 Å². The summed E-state index contributed by atoms with van der Waals surface area (Å²) in [5.74, 6) is 1.63. The van der Waals surface area contributed by atoms with Crippen LogP contribution in [0.15, 0.2) is 24.3 Å². The van der Waals surface area contributed by atoms with Gasteiger partial charge in [-0.15, -0.1) is 10.2 Å². The van der Waals surface area contributed by atoms with Gasteiger partial charge in [0.25, 0.3) is 0 Å². The number of nitrogens with one attached hydrogen (secondary N) is 1. The Labute approximate surface area is 143 Å². The first-order chi connectivity index (χ1) is 11.7. The average molecular weight is 345 g/mol. The first-order valence-electron chi connectivity index (χ1n) is 7.73. The van der Waals surface area contributed by atoms with E-state index >= 15 is 0 Å². The summed E-state index contributed by atoms with van der Waals surface area (Å²) in [5.41, 5.74) is 1.09. The van der Waals surface area contributed by atoms with Gasteiger partial charge in [0.2, 0.25) is 10.9 Å². The predicted molar refractivity (Wildman–Crippen MR) is 91.4 cm³/mol. The number of rotatable bonds is 7. The number of nitrogens with zero attached hydrogens (tertiary/aromatic N) is 4. The highest BCUT2D eigenvalue weighted by molar-refractivity contribution is 7.16. The molecule has 1 amide bonds. The summed E-state index contributed by atoms with van der Waals surface area (Å²) in [6, 6.07) is 7.83. The third-order valence-corrected chi connectivity index (χ3v) is 4.62. The Bertz CT molecular complexity index is 842. The Morgan fingerprint density at radius 3 is 2.92 bits per heavy atom. The first kappa shape index (κ1) is 16.4. The van der Waals surface area contributed by atoms with Crippen molar-refractivity contribution in [3.8, 4) is 5.75 Å². The molecule has 0 atom stereocenters. The maximum Gasteiger partial charge on any atom is 0.234 e. The van der Waals surface area contributed by atoms with Crippen molar-refractivity contribution in [1.82, 2.24) is 25.1 Å². The van der Waals surface area contributed by atoms with Crippen LogP contribution in [0, 0.1) is 6.92 Å². The van der Waals surface area contributed by atoms with E-state index in [0.29, 0.717) is 19.4 Å². The number of aromatic nitrogens is 4. The molecule has 1 aromatic carbocycles. The minimum Gasteiger partial charge on any atom is -0.496 e. The minimum absolute atomic E-state index is 0.0209. The Morgan fingerprint density at radius 1 is 1.29 bits per heavy atom. The second kappa shape index (κ2) is 7.39. The highest BCUT2D eigenvalue weighted by atomic mass is 32.1. The van der Waals surface area contributed by atoms with Crippen LogP contribution in [0.25, 0.3) is 4.96 Å². The zero-order valence-electron chi connectivity index (χ0n) is 13.7. The molecule has 24 heavy (non-hydrogen) atoms. The van der Waals surface area contributed by atoms with Crippen molar-refractivity contribution in [1.29, 1.82) is 0 Å². The second-order valence-corrected chi connectivity index (χ2v) is 6.39. The summed E-state index contributed by atoms with van der Waals surface area (Å²) in [6.45, 7) is 2.44. The summed E-state index contributed by atoms with van der Waals surface area (Å²) in [6.07, 6.45) is 1.76. The number of fused-ring (bicyclic) bond motifs is 1. The van der Waals surface area contributed by atoms with E-state index in [1.54, 1.807) is 11.6 Å². The smallest absolute Gasteiger partial charge is 0.234 e. The van der Waals surface area contributed by atoms with Gasteiger partial charge in [0.1, 0.15) is 10.8 Å². The maximum absolute atomic E-state index is 12.0. The third-order valence-electron chi connectivity index (χ3n) is 3.66. The Hall–Kier alpha value is -2.48. The Morgan fingerprint density at radius 2 is 2.12 bits per heavy atom. The van der Waals surface area contributed by atoms with E-state index in [-0.39, 0.29) is 5.91 Å². The lowest BCUT2D eigenvalue weighted by Gasteiger charge is -2.08. The topological polar surface area (TPSA) is 81.4 Å². The predicted octanol–water partition coefficient (Wildman–Crippen LogP) is 1.79. The van der Waals surface area contributed by atoms with Crippen molar-refractivity contribution >= 4 is 22.2 Å². The summed E-state index contributed by atoms with van der Waals surface area (Å²) in [5, 5.41) is 16.2. The van der Waals surface area contributed by atoms with Gasteiger partial charge < -0.3 is 10.1 Å². The molecule has 2 aromatic heterocycles. The standard InChI is InChI=1S/C16H19N5O2S/c1-11-18-19-16-21(11)20-15(24-16)8-7-14(22)17-10-9-12-5-3-4-6-13(12)23-2/h3-6H,7-10H2,1-2H3,(H,17,22). The third kappa shape index (κ3) is 3.70. The number of ether oxygens (including phenoxy) is 1. The van der Waals surface area contributed by atoms with Gasteiger partial charge >= 0.3 is 0 Å². The maximum atomic E-state index is 12.0. The number of amides is 1. The van der Waals surface area contributed by atoms with Gasteiger partial charge in [-0.3, -0.25) is 4.79 Å². The number of hydrogen-bond acceptors (Lipinski definition) is 6. The molecule has 126 valence electrons. The molecule has 0 aliphatic heterocycles. The molecule has 0 radical (unpaired) electrons. The number of hydrogen-bond donors (Lipinski definition) is 1. The Balaban J connectivity index is 1.45. The van der Waals surface area contributed by atoms with Crippen LogP contribution in [0.4, 0.5) is 0 Å². The number of carbonyl (C=O) groups is 1. The van der Waals surface area contributed by atoms with E-state index in [9.17, 15) is 4.79 Å². The fourth-order valence-corrected chi connectivity index (χ4v) is 3.29. The van der Waals surface area contributed by atoms with Gasteiger partial charge in [-0.05, 0) is 25.0 Å². The molecule has 2 heterocycles. The van der Waals surface area contributed by atoms with Crippen molar-refractivity contribution < 1.29 is 9.53 Å². The minimum atomic E-state index is 0.0209. The van der Waals surface area contributed by atoms with Gasteiger partial charge in [-0.1, -0.05) is 29.5 Å². The molecule has 3 rings (SSSR count). The number of para-hydroxylation sites is 1. The molecule has 0 aliphatic carbocycles. The highest BCUT2D eigenvalue weighted by Gasteiger charge is 2.10. The molecule has 1 N–H and O–H groups in total. The fourth-order valence-electron chi connectivity index (χ4n) is 2.41. The summed E-state index contributed by atoms with van der Waals surface area (Å²) >= 11 is 1.47. The van der Waals surface area contributed by atoms with Crippen LogP contribution in [-0.4, -0.2) is 39.4 Å². The number of benzene rings is 1. The molecule has 3 aromatic rings. The van der Waals surface area contributed by atoms with E-state index in [0.717, 1.165) is 33.5 Å². The van der Waals surface area contributed by atoms with Crippen molar-refractivity contribution in [2.24, 2.45) is 0 Å². The van der Waals surface area contributed by atoms with Crippen LogP contribution in [-0.2, 0) is 17.6 Å². The zero-order valence-corrected chi connectivity index (χ0v) is 14.5. The number of methoxy groups -OCH3 is 1. The lowest BCUT2D eigenvalue weighted by molar-refractivity contribution is -0.121. The van der Waals surface area contributed by atoms with Crippen molar-refractivity contribution in [2.75, 3.05) is 13.7 Å². The normalized spacial score (nSPS) is 10.9. The van der Waals surface area contributed by atoms with E-state index in [2.05, 4.69) is 20.6 Å². The monoisotopic (exact) mass is 345 g/mol. The molecule has 0 spiro atoms. The van der Waals surface area contributed by atoms with Gasteiger partial charge in [-0.25, -0.2) is 0 Å². The second-order valence-electron chi connectivity index (χ2n) is 5.35. The molecular formula is C16H19N5O2S. The van der Waals surface area contributed by atoms with Gasteiger partial charge in [0.05, 0.1) is 7.11 Å². The summed E-state index contributed by atoms with van der Waals surface area (Å²) in [4.78, 5) is 12.7. The molecule has 7 nitrogen and oxygen atoms in total. The molecular weight excluding hydrogens is 326 g/mol.